The number of benzene rings is 1. The summed E-state index contributed by atoms with van der Waals surface area (Å²) in [5, 5.41) is 11.2. The van der Waals surface area contributed by atoms with Crippen LogP contribution in [0.4, 0.5) is 0 Å². The van der Waals surface area contributed by atoms with Crippen molar-refractivity contribution in [1.29, 1.82) is 0 Å². The van der Waals surface area contributed by atoms with Crippen LogP contribution in [0, 0.1) is 6.92 Å². The van der Waals surface area contributed by atoms with Gasteiger partial charge in [0.1, 0.15) is 9.88 Å². The molecule has 1 aromatic carbocycles. The molecular formula is C17H18N2O2S. The van der Waals surface area contributed by atoms with Crippen LogP contribution in [0.15, 0.2) is 24.3 Å². The van der Waals surface area contributed by atoms with E-state index in [9.17, 15) is 9.90 Å². The van der Waals surface area contributed by atoms with Gasteiger partial charge in [-0.05, 0) is 26.3 Å². The molecule has 0 bridgehead atoms. The average Bonchev–Trinajstić information content (AvgIpc) is 3.04. The minimum absolute atomic E-state index is 0.324. The number of hydrogen-bond acceptors (Lipinski definition) is 3. The maximum Gasteiger partial charge on any atom is 0.347 e. The van der Waals surface area contributed by atoms with Gasteiger partial charge in [-0.25, -0.2) is 9.78 Å². The number of carboxylic acids is 1. The van der Waals surface area contributed by atoms with Gasteiger partial charge < -0.3 is 9.67 Å². The molecule has 0 atom stereocenters. The highest BCUT2D eigenvalue weighted by atomic mass is 32.1. The Hall–Kier alpha value is -2.14. The second kappa shape index (κ2) is 5.57. The molecule has 0 amide bonds. The topological polar surface area (TPSA) is 55.1 Å². The number of carbonyl (C=O) groups is 1. The number of hydrogen-bond donors (Lipinski definition) is 1. The summed E-state index contributed by atoms with van der Waals surface area (Å²) >= 11 is 1.26. The summed E-state index contributed by atoms with van der Waals surface area (Å²) in [5.41, 5.74) is 4.07. The maximum absolute atomic E-state index is 11.3. The van der Waals surface area contributed by atoms with Gasteiger partial charge in [0.25, 0.3) is 0 Å². The molecule has 3 aromatic rings. The molecule has 2 aromatic heterocycles. The number of para-hydroxylation sites is 1. The molecule has 4 nitrogen and oxygen atoms in total. The lowest BCUT2D eigenvalue weighted by atomic mass is 10.1. The number of fused-ring (bicyclic) bond motifs is 1. The largest absolute Gasteiger partial charge is 0.477 e. The fourth-order valence-electron chi connectivity index (χ4n) is 3.03. The van der Waals surface area contributed by atoms with Crippen molar-refractivity contribution in [3.63, 3.8) is 0 Å². The van der Waals surface area contributed by atoms with Crippen molar-refractivity contribution >= 4 is 28.2 Å². The number of aromatic nitrogens is 2. The summed E-state index contributed by atoms with van der Waals surface area (Å²) in [4.78, 5) is 16.2. The Labute approximate surface area is 133 Å². The molecule has 0 saturated heterocycles. The number of thiazole rings is 1. The second-order valence-electron chi connectivity index (χ2n) is 5.18. The summed E-state index contributed by atoms with van der Waals surface area (Å²) in [5.74, 6) is -0.904. The Morgan fingerprint density at radius 1 is 1.32 bits per heavy atom. The normalized spacial score (nSPS) is 11.2. The first-order valence-corrected chi connectivity index (χ1v) is 8.21. The van der Waals surface area contributed by atoms with Crippen LogP contribution < -0.4 is 0 Å². The van der Waals surface area contributed by atoms with Crippen LogP contribution in [-0.2, 0) is 13.0 Å². The molecule has 0 aliphatic rings. The van der Waals surface area contributed by atoms with Crippen LogP contribution in [0.1, 0.15) is 34.9 Å². The second-order valence-corrected chi connectivity index (χ2v) is 6.17. The van der Waals surface area contributed by atoms with Crippen LogP contribution in [0.5, 0.6) is 0 Å². The lowest BCUT2D eigenvalue weighted by Gasteiger charge is -2.06. The number of aromatic carboxylic acids is 1. The van der Waals surface area contributed by atoms with E-state index in [2.05, 4.69) is 35.5 Å². The monoisotopic (exact) mass is 314 g/mol. The summed E-state index contributed by atoms with van der Waals surface area (Å²) in [6.07, 6.45) is 0.888. The van der Waals surface area contributed by atoms with Crippen LogP contribution >= 0.6 is 11.3 Å². The quantitative estimate of drug-likeness (QED) is 0.778. The number of rotatable bonds is 4. The van der Waals surface area contributed by atoms with Gasteiger partial charge in [-0.3, -0.25) is 0 Å². The molecule has 0 aliphatic carbocycles. The van der Waals surface area contributed by atoms with Gasteiger partial charge in [0, 0.05) is 28.7 Å². The van der Waals surface area contributed by atoms with Crippen LogP contribution in [-0.4, -0.2) is 20.6 Å². The SMILES string of the molecule is CCc1c(-c2nc(C)c(C(=O)O)s2)c2ccccc2n1CC. The Morgan fingerprint density at radius 2 is 2.05 bits per heavy atom. The average molecular weight is 314 g/mol. The van der Waals surface area contributed by atoms with E-state index in [1.165, 1.54) is 22.5 Å². The molecule has 0 radical (unpaired) electrons. The van der Waals surface area contributed by atoms with E-state index < -0.39 is 5.97 Å². The van der Waals surface area contributed by atoms with Crippen molar-refractivity contribution in [3.8, 4) is 10.6 Å². The van der Waals surface area contributed by atoms with Gasteiger partial charge >= 0.3 is 5.97 Å². The Bertz CT molecular complexity index is 861. The number of nitrogens with zero attached hydrogens (tertiary/aromatic N) is 2. The molecule has 0 aliphatic heterocycles. The first kappa shape index (κ1) is 14.8. The van der Waals surface area contributed by atoms with Crippen molar-refractivity contribution in [2.75, 3.05) is 0 Å². The van der Waals surface area contributed by atoms with E-state index in [0.29, 0.717) is 10.6 Å². The van der Waals surface area contributed by atoms with Crippen molar-refractivity contribution < 1.29 is 9.90 Å². The Kier molecular flexibility index (Phi) is 3.74. The number of carboxylic acid groups (broad SMARTS) is 1. The molecule has 22 heavy (non-hydrogen) atoms. The molecule has 0 unspecified atom stereocenters. The highest BCUT2D eigenvalue weighted by molar-refractivity contribution is 7.17. The van der Waals surface area contributed by atoms with E-state index >= 15 is 0 Å². The van der Waals surface area contributed by atoms with Crippen LogP contribution in [0.2, 0.25) is 0 Å². The molecule has 0 saturated carbocycles. The molecule has 5 heteroatoms. The van der Waals surface area contributed by atoms with Gasteiger partial charge in [0.05, 0.1) is 5.69 Å². The van der Waals surface area contributed by atoms with Gasteiger partial charge in [-0.15, -0.1) is 11.3 Å². The molecule has 0 fully saturated rings. The predicted molar refractivity (Wildman–Crippen MR) is 89.8 cm³/mol. The lowest BCUT2D eigenvalue weighted by molar-refractivity contribution is 0.0701. The van der Waals surface area contributed by atoms with Gasteiger partial charge in [0.2, 0.25) is 0 Å². The fourth-order valence-corrected chi connectivity index (χ4v) is 4.01. The van der Waals surface area contributed by atoms with Gasteiger partial charge in [-0.2, -0.15) is 0 Å². The van der Waals surface area contributed by atoms with Crippen molar-refractivity contribution in [2.45, 2.75) is 33.7 Å². The van der Waals surface area contributed by atoms with Gasteiger partial charge in [0.15, 0.2) is 0 Å². The van der Waals surface area contributed by atoms with E-state index in [1.807, 2.05) is 12.1 Å². The minimum Gasteiger partial charge on any atom is -0.477 e. The van der Waals surface area contributed by atoms with E-state index in [0.717, 1.165) is 28.9 Å². The molecular weight excluding hydrogens is 296 g/mol. The third-order valence-electron chi connectivity index (χ3n) is 3.93. The van der Waals surface area contributed by atoms with Crippen LogP contribution in [0.3, 0.4) is 0 Å². The minimum atomic E-state index is -0.904. The summed E-state index contributed by atoms with van der Waals surface area (Å²) in [7, 11) is 0. The van der Waals surface area contributed by atoms with Gasteiger partial charge in [-0.1, -0.05) is 25.1 Å². The zero-order valence-corrected chi connectivity index (χ0v) is 13.7. The molecule has 114 valence electrons. The summed E-state index contributed by atoms with van der Waals surface area (Å²) in [6.45, 7) is 6.90. The van der Waals surface area contributed by atoms with Crippen LogP contribution in [0.25, 0.3) is 21.5 Å². The smallest absolute Gasteiger partial charge is 0.347 e. The highest BCUT2D eigenvalue weighted by Gasteiger charge is 2.22. The van der Waals surface area contributed by atoms with E-state index in [-0.39, 0.29) is 0 Å². The van der Waals surface area contributed by atoms with Crippen molar-refractivity contribution in [1.82, 2.24) is 9.55 Å². The summed E-state index contributed by atoms with van der Waals surface area (Å²) < 4.78 is 2.29. The zero-order chi connectivity index (χ0) is 15.9. The number of aryl methyl sites for hydroxylation is 2. The lowest BCUT2D eigenvalue weighted by Crippen LogP contribution is -1.99. The molecule has 0 spiro atoms. The zero-order valence-electron chi connectivity index (χ0n) is 12.9. The fraction of sp³-hybridized carbons (Fsp3) is 0.294. The standard InChI is InChI=1S/C17H18N2O2S/c1-4-12-14(16-18-10(3)15(22-16)17(20)21)11-8-6-7-9-13(11)19(12)5-2/h6-9H,4-5H2,1-3H3,(H,20,21). The van der Waals surface area contributed by atoms with E-state index in [1.54, 1.807) is 6.92 Å². The highest BCUT2D eigenvalue weighted by Crippen LogP contribution is 2.38. The Balaban J connectivity index is 2.35. The third kappa shape index (κ3) is 2.13. The molecule has 3 rings (SSSR count). The first-order chi connectivity index (χ1) is 10.6. The first-order valence-electron chi connectivity index (χ1n) is 7.39. The molecule has 1 N–H and O–H groups in total. The third-order valence-corrected chi connectivity index (χ3v) is 5.10. The maximum atomic E-state index is 11.3. The van der Waals surface area contributed by atoms with E-state index in [4.69, 9.17) is 0 Å². The predicted octanol–water partition coefficient (Wildman–Crippen LogP) is 4.35. The summed E-state index contributed by atoms with van der Waals surface area (Å²) in [6, 6.07) is 8.25. The Morgan fingerprint density at radius 3 is 2.64 bits per heavy atom. The van der Waals surface area contributed by atoms with Crippen molar-refractivity contribution in [2.24, 2.45) is 0 Å². The molecule has 2 heterocycles. The van der Waals surface area contributed by atoms with Crippen molar-refractivity contribution in [3.05, 3.63) is 40.5 Å².